The van der Waals surface area contributed by atoms with Gasteiger partial charge in [-0.15, -0.1) is 0 Å². The molecule has 0 fully saturated rings. The van der Waals surface area contributed by atoms with E-state index in [1.165, 1.54) is 12.1 Å². The van der Waals surface area contributed by atoms with Crippen LogP contribution in [0, 0.1) is 24.6 Å². The molecular weight excluding hydrogens is 311 g/mol. The molecule has 0 aliphatic rings. The van der Waals surface area contributed by atoms with Crippen molar-refractivity contribution in [3.63, 3.8) is 0 Å². The first kappa shape index (κ1) is 17.8. The zero-order valence-corrected chi connectivity index (χ0v) is 14.0. The van der Waals surface area contributed by atoms with Crippen molar-refractivity contribution in [1.82, 2.24) is 10.3 Å². The monoisotopic (exact) mass is 332 g/mol. The van der Waals surface area contributed by atoms with Gasteiger partial charge in [-0.2, -0.15) is 0 Å². The Kier molecular flexibility index (Phi) is 5.49. The minimum absolute atomic E-state index is 0.0627. The number of pyridine rings is 1. The number of carboxylic acid groups (broad SMARTS) is 1. The second-order valence-corrected chi connectivity index (χ2v) is 6.33. The molecule has 1 heterocycles. The van der Waals surface area contributed by atoms with Gasteiger partial charge in [0.05, 0.1) is 22.7 Å². The number of amides is 1. The molecule has 0 aliphatic heterocycles. The number of carbonyl (C=O) groups is 2. The van der Waals surface area contributed by atoms with Gasteiger partial charge in [-0.1, -0.05) is 13.8 Å². The summed E-state index contributed by atoms with van der Waals surface area (Å²) in [4.78, 5) is 27.9. The fourth-order valence-corrected chi connectivity index (χ4v) is 2.62. The lowest BCUT2D eigenvalue weighted by Crippen LogP contribution is -2.34. The van der Waals surface area contributed by atoms with Crippen LogP contribution in [0.25, 0.3) is 10.9 Å². The molecule has 2 aromatic rings. The van der Waals surface area contributed by atoms with Gasteiger partial charge in [-0.3, -0.25) is 14.6 Å². The molecule has 1 unspecified atom stereocenters. The standard InChI is InChI=1S/C18H21FN2O3/c1-10(2)6-13(18(23)24)9-20-17(22)15-7-12-4-5-14(19)8-16(12)21-11(15)3/h4-5,7-8,10,13H,6,9H2,1-3H3,(H,20,22)(H,23,24). The predicted molar refractivity (Wildman–Crippen MR) is 89.4 cm³/mol. The highest BCUT2D eigenvalue weighted by atomic mass is 19.1. The molecule has 6 heteroatoms. The second kappa shape index (κ2) is 7.38. The van der Waals surface area contributed by atoms with Crippen molar-refractivity contribution in [2.45, 2.75) is 27.2 Å². The van der Waals surface area contributed by atoms with Crippen molar-refractivity contribution in [3.05, 3.63) is 41.3 Å². The van der Waals surface area contributed by atoms with E-state index in [-0.39, 0.29) is 24.2 Å². The number of aromatic nitrogens is 1. The number of rotatable bonds is 6. The highest BCUT2D eigenvalue weighted by Gasteiger charge is 2.21. The number of halogens is 1. The van der Waals surface area contributed by atoms with Crippen molar-refractivity contribution in [1.29, 1.82) is 0 Å². The van der Waals surface area contributed by atoms with E-state index in [0.29, 0.717) is 28.6 Å². The number of aliphatic carboxylic acids is 1. The van der Waals surface area contributed by atoms with Crippen molar-refractivity contribution < 1.29 is 19.1 Å². The lowest BCUT2D eigenvalue weighted by molar-refractivity contribution is -0.142. The van der Waals surface area contributed by atoms with Gasteiger partial charge in [0.25, 0.3) is 5.91 Å². The topological polar surface area (TPSA) is 79.3 Å². The summed E-state index contributed by atoms with van der Waals surface area (Å²) < 4.78 is 13.2. The van der Waals surface area contributed by atoms with Gasteiger partial charge in [0.1, 0.15) is 5.82 Å². The number of hydrogen-bond donors (Lipinski definition) is 2. The highest BCUT2D eigenvalue weighted by Crippen LogP contribution is 2.18. The molecule has 2 rings (SSSR count). The summed E-state index contributed by atoms with van der Waals surface area (Å²) in [5.41, 5.74) is 1.32. The van der Waals surface area contributed by atoms with E-state index in [0.717, 1.165) is 0 Å². The van der Waals surface area contributed by atoms with Gasteiger partial charge in [-0.05, 0) is 37.5 Å². The minimum Gasteiger partial charge on any atom is -0.481 e. The van der Waals surface area contributed by atoms with Crippen molar-refractivity contribution in [3.8, 4) is 0 Å². The largest absolute Gasteiger partial charge is 0.481 e. The minimum atomic E-state index is -0.923. The third kappa shape index (κ3) is 4.28. The summed E-state index contributed by atoms with van der Waals surface area (Å²) in [6.07, 6.45) is 0.490. The molecule has 1 amide bonds. The van der Waals surface area contributed by atoms with Crippen molar-refractivity contribution in [2.24, 2.45) is 11.8 Å². The SMILES string of the molecule is Cc1nc2cc(F)ccc2cc1C(=O)NCC(CC(C)C)C(=O)O. The Morgan fingerprint density at radius 2 is 2.00 bits per heavy atom. The number of carboxylic acids is 1. The first-order valence-corrected chi connectivity index (χ1v) is 7.86. The zero-order chi connectivity index (χ0) is 17.9. The molecule has 1 aromatic heterocycles. The number of fused-ring (bicyclic) bond motifs is 1. The Morgan fingerprint density at radius 1 is 1.29 bits per heavy atom. The molecule has 2 N–H and O–H groups in total. The van der Waals surface area contributed by atoms with Crippen LogP contribution >= 0.6 is 0 Å². The Bertz CT molecular complexity index is 774. The van der Waals surface area contributed by atoms with Crippen LogP contribution in [0.5, 0.6) is 0 Å². The van der Waals surface area contributed by atoms with Crippen LogP contribution in [0.1, 0.15) is 36.3 Å². The highest BCUT2D eigenvalue weighted by molar-refractivity contribution is 5.98. The Morgan fingerprint density at radius 3 is 2.62 bits per heavy atom. The normalized spacial score (nSPS) is 12.4. The van der Waals surface area contributed by atoms with E-state index in [1.54, 1.807) is 19.1 Å². The van der Waals surface area contributed by atoms with Crippen molar-refractivity contribution in [2.75, 3.05) is 6.54 Å². The number of aryl methyl sites for hydroxylation is 1. The molecule has 0 bridgehead atoms. The maximum atomic E-state index is 13.2. The molecule has 1 aromatic carbocycles. The molecule has 0 spiro atoms. The molecule has 128 valence electrons. The van der Waals surface area contributed by atoms with Crippen LogP contribution in [0.15, 0.2) is 24.3 Å². The molecular formula is C18H21FN2O3. The smallest absolute Gasteiger partial charge is 0.308 e. The van der Waals surface area contributed by atoms with Crippen LogP contribution in [0.3, 0.4) is 0 Å². The van der Waals surface area contributed by atoms with Crippen molar-refractivity contribution >= 4 is 22.8 Å². The van der Waals surface area contributed by atoms with Crippen LogP contribution in [-0.2, 0) is 4.79 Å². The van der Waals surface area contributed by atoms with E-state index < -0.39 is 11.9 Å². The van der Waals surface area contributed by atoms with Gasteiger partial charge in [-0.25, -0.2) is 4.39 Å². The van der Waals surface area contributed by atoms with E-state index in [1.807, 2.05) is 13.8 Å². The van der Waals surface area contributed by atoms with Crippen LogP contribution < -0.4 is 5.32 Å². The van der Waals surface area contributed by atoms with Gasteiger partial charge >= 0.3 is 5.97 Å². The molecule has 5 nitrogen and oxygen atoms in total. The summed E-state index contributed by atoms with van der Waals surface area (Å²) in [7, 11) is 0. The summed E-state index contributed by atoms with van der Waals surface area (Å²) in [6.45, 7) is 5.61. The maximum absolute atomic E-state index is 13.2. The van der Waals surface area contributed by atoms with E-state index in [2.05, 4.69) is 10.3 Å². The number of hydrogen-bond acceptors (Lipinski definition) is 3. The third-order valence-electron chi connectivity index (χ3n) is 3.83. The average Bonchev–Trinajstić information content (AvgIpc) is 2.49. The zero-order valence-electron chi connectivity index (χ0n) is 14.0. The maximum Gasteiger partial charge on any atom is 0.308 e. The first-order valence-electron chi connectivity index (χ1n) is 7.86. The first-order chi connectivity index (χ1) is 11.3. The van der Waals surface area contributed by atoms with Gasteiger partial charge in [0, 0.05) is 18.0 Å². The molecule has 0 aliphatic carbocycles. The fourth-order valence-electron chi connectivity index (χ4n) is 2.62. The lowest BCUT2D eigenvalue weighted by Gasteiger charge is -2.16. The summed E-state index contributed by atoms with van der Waals surface area (Å²) in [6, 6.07) is 5.83. The second-order valence-electron chi connectivity index (χ2n) is 6.33. The van der Waals surface area contributed by atoms with Gasteiger partial charge in [0.15, 0.2) is 0 Å². The Balaban J connectivity index is 2.17. The molecule has 0 radical (unpaired) electrons. The van der Waals surface area contributed by atoms with Crippen LogP contribution in [0.4, 0.5) is 4.39 Å². The number of benzene rings is 1. The quantitative estimate of drug-likeness (QED) is 0.851. The molecule has 1 atom stereocenters. The number of nitrogens with zero attached hydrogens (tertiary/aromatic N) is 1. The molecule has 24 heavy (non-hydrogen) atoms. The lowest BCUT2D eigenvalue weighted by atomic mass is 9.97. The van der Waals surface area contributed by atoms with E-state index in [4.69, 9.17) is 0 Å². The average molecular weight is 332 g/mol. The molecule has 0 saturated heterocycles. The van der Waals surface area contributed by atoms with Crippen LogP contribution in [0.2, 0.25) is 0 Å². The summed E-state index contributed by atoms with van der Waals surface area (Å²) in [5, 5.41) is 12.6. The summed E-state index contributed by atoms with van der Waals surface area (Å²) >= 11 is 0. The predicted octanol–water partition coefficient (Wildman–Crippen LogP) is 3.16. The Labute approximate surface area is 139 Å². The van der Waals surface area contributed by atoms with Gasteiger partial charge in [0.2, 0.25) is 0 Å². The number of nitrogens with one attached hydrogen (secondary N) is 1. The third-order valence-corrected chi connectivity index (χ3v) is 3.83. The van der Waals surface area contributed by atoms with E-state index in [9.17, 15) is 19.1 Å². The molecule has 0 saturated carbocycles. The fraction of sp³-hybridized carbons (Fsp3) is 0.389. The van der Waals surface area contributed by atoms with Gasteiger partial charge < -0.3 is 10.4 Å². The number of carbonyl (C=O) groups excluding carboxylic acids is 1. The van der Waals surface area contributed by atoms with E-state index >= 15 is 0 Å². The Hall–Kier alpha value is -2.50. The summed E-state index contributed by atoms with van der Waals surface area (Å²) in [5.74, 6) is -2.09. The van der Waals surface area contributed by atoms with Crippen LogP contribution in [-0.4, -0.2) is 28.5 Å².